The molecule has 0 saturated carbocycles. The number of amides is 3. The van der Waals surface area contributed by atoms with Crippen LogP contribution in [0.3, 0.4) is 0 Å². The lowest BCUT2D eigenvalue weighted by atomic mass is 9.88. The Bertz CT molecular complexity index is 1850. The number of halogens is 1. The summed E-state index contributed by atoms with van der Waals surface area (Å²) in [4.78, 5) is 42.4. The number of nitrogens with zero attached hydrogens (tertiary/aromatic N) is 2. The zero-order valence-electron chi connectivity index (χ0n) is 37.3. The van der Waals surface area contributed by atoms with Crippen LogP contribution in [0.2, 0.25) is 5.02 Å². The van der Waals surface area contributed by atoms with E-state index in [2.05, 4.69) is 33.9 Å². The molecule has 0 bridgehead atoms. The molecule has 1 unspecified atom stereocenters. The standard InChI is InChI=1S/C46H65ClN6O11/c1-34-32-42(52-40-11-9-39(47)10-12-40)41-33-38(8-13-43(41)53(34)35(2)54)36-4-6-37(7-5-36)45(55)50-14-16-57-18-20-59-22-24-61-26-28-63-30-31-64-29-27-62-25-23-60-21-19-58-17-15-51-46(56)44(48)49-3/h4-13,33-34,42,52H,14-32H2,1-3H3,(H2,48,49)(H,50,55)(H,51,56)/t34-,42?/m0/s1. The van der Waals surface area contributed by atoms with Crippen LogP contribution in [0.15, 0.2) is 71.7 Å². The number of anilines is 2. The number of hydrogen-bond donors (Lipinski definition) is 4. The number of nitrogens with two attached hydrogens (primary N) is 1. The van der Waals surface area contributed by atoms with E-state index in [0.717, 1.165) is 34.5 Å². The third-order valence-corrected chi connectivity index (χ3v) is 10.1. The highest BCUT2D eigenvalue weighted by Gasteiger charge is 2.32. The van der Waals surface area contributed by atoms with Gasteiger partial charge in [0.2, 0.25) is 5.91 Å². The Morgan fingerprint density at radius 3 is 1.58 bits per heavy atom. The molecule has 3 aromatic carbocycles. The summed E-state index contributed by atoms with van der Waals surface area (Å²) in [6.07, 6.45) is 0.748. The Labute approximate surface area is 381 Å². The van der Waals surface area contributed by atoms with Crippen LogP contribution >= 0.6 is 11.6 Å². The number of benzene rings is 3. The first-order chi connectivity index (χ1) is 31.2. The monoisotopic (exact) mass is 912 g/mol. The second-order valence-electron chi connectivity index (χ2n) is 14.5. The molecule has 0 spiro atoms. The largest absolute Gasteiger partial charge is 0.379 e. The molecule has 1 heterocycles. The number of fused-ring (bicyclic) bond motifs is 1. The first kappa shape index (κ1) is 51.9. The van der Waals surface area contributed by atoms with Crippen molar-refractivity contribution < 1.29 is 52.3 Å². The first-order valence-corrected chi connectivity index (χ1v) is 22.0. The zero-order valence-corrected chi connectivity index (χ0v) is 38.0. The average Bonchev–Trinajstić information content (AvgIpc) is 3.30. The normalized spacial score (nSPS) is 14.9. The van der Waals surface area contributed by atoms with Crippen LogP contribution in [-0.2, 0) is 47.5 Å². The van der Waals surface area contributed by atoms with Crippen LogP contribution in [-0.4, -0.2) is 155 Å². The molecule has 17 nitrogen and oxygen atoms in total. The predicted molar refractivity (Wildman–Crippen MR) is 246 cm³/mol. The highest BCUT2D eigenvalue weighted by atomic mass is 35.5. The molecule has 3 amide bonds. The van der Waals surface area contributed by atoms with Gasteiger partial charge in [0.15, 0.2) is 5.84 Å². The van der Waals surface area contributed by atoms with E-state index >= 15 is 0 Å². The second kappa shape index (κ2) is 30.4. The summed E-state index contributed by atoms with van der Waals surface area (Å²) in [6, 6.07) is 21.3. The van der Waals surface area contributed by atoms with E-state index in [9.17, 15) is 14.4 Å². The van der Waals surface area contributed by atoms with Crippen molar-refractivity contribution in [1.29, 1.82) is 0 Å². The molecule has 0 aliphatic carbocycles. The number of hydrogen-bond acceptors (Lipinski definition) is 13. The lowest BCUT2D eigenvalue weighted by Crippen LogP contribution is -2.43. The maximum atomic E-state index is 12.8. The molecule has 64 heavy (non-hydrogen) atoms. The number of carbonyl (C=O) groups is 3. The molecule has 1 aliphatic heterocycles. The molecule has 18 heteroatoms. The second-order valence-corrected chi connectivity index (χ2v) is 15.0. The van der Waals surface area contributed by atoms with Crippen molar-refractivity contribution in [3.63, 3.8) is 0 Å². The lowest BCUT2D eigenvalue weighted by molar-refractivity contribution is -0.117. The molecule has 1 aliphatic rings. The van der Waals surface area contributed by atoms with E-state index in [1.807, 2.05) is 65.6 Å². The fourth-order valence-corrected chi connectivity index (χ4v) is 6.76. The zero-order chi connectivity index (χ0) is 45.8. The molecule has 5 N–H and O–H groups in total. The summed E-state index contributed by atoms with van der Waals surface area (Å²) in [5.74, 6) is -0.652. The molecule has 0 saturated heterocycles. The summed E-state index contributed by atoms with van der Waals surface area (Å²) in [5.41, 5.74) is 10.8. The lowest BCUT2D eigenvalue weighted by Gasteiger charge is -2.39. The van der Waals surface area contributed by atoms with Crippen molar-refractivity contribution >= 4 is 46.5 Å². The Balaban J connectivity index is 0.948. The van der Waals surface area contributed by atoms with Gasteiger partial charge in [-0.25, -0.2) is 0 Å². The Morgan fingerprint density at radius 1 is 0.656 bits per heavy atom. The quantitative estimate of drug-likeness (QED) is 0.0406. The smallest absolute Gasteiger partial charge is 0.286 e. The highest BCUT2D eigenvalue weighted by Crippen LogP contribution is 2.41. The van der Waals surface area contributed by atoms with Crippen LogP contribution in [0.4, 0.5) is 11.4 Å². The van der Waals surface area contributed by atoms with Gasteiger partial charge in [-0.3, -0.25) is 19.4 Å². The minimum Gasteiger partial charge on any atom is -0.379 e. The summed E-state index contributed by atoms with van der Waals surface area (Å²) >= 11 is 6.12. The van der Waals surface area contributed by atoms with Gasteiger partial charge in [0.1, 0.15) is 0 Å². The van der Waals surface area contributed by atoms with Gasteiger partial charge in [-0.2, -0.15) is 0 Å². The summed E-state index contributed by atoms with van der Waals surface area (Å²) in [5, 5.41) is 9.80. The number of ether oxygens (including phenoxy) is 8. The SMILES string of the molecule is CN=C(N)C(=O)NCCOCCOCCOCCOCCOCCOCCOCCOCCNC(=O)c1ccc(-c2ccc3c(c2)C(Nc2ccc(Cl)cc2)C[C@H](C)N3C(C)=O)cc1. The van der Waals surface area contributed by atoms with E-state index in [4.69, 9.17) is 55.2 Å². The maximum absolute atomic E-state index is 12.8. The summed E-state index contributed by atoms with van der Waals surface area (Å²) < 4.78 is 43.9. The van der Waals surface area contributed by atoms with Crippen molar-refractivity contribution in [2.75, 3.05) is 136 Å². The maximum Gasteiger partial charge on any atom is 0.286 e. The minimum atomic E-state index is -0.414. The predicted octanol–water partition coefficient (Wildman–Crippen LogP) is 4.27. The first-order valence-electron chi connectivity index (χ1n) is 21.6. The topological polar surface area (TPSA) is 203 Å². The van der Waals surface area contributed by atoms with Gasteiger partial charge < -0.3 is 64.5 Å². The summed E-state index contributed by atoms with van der Waals surface area (Å²) in [6.45, 7) is 11.3. The van der Waals surface area contributed by atoms with Crippen LogP contribution in [0.5, 0.6) is 0 Å². The van der Waals surface area contributed by atoms with Crippen LogP contribution in [0, 0.1) is 0 Å². The van der Waals surface area contributed by atoms with Gasteiger partial charge in [-0.05, 0) is 78.6 Å². The fourth-order valence-electron chi connectivity index (χ4n) is 6.63. The molecule has 3 aromatic rings. The van der Waals surface area contributed by atoms with Crippen LogP contribution in [0.25, 0.3) is 11.1 Å². The van der Waals surface area contributed by atoms with Crippen LogP contribution < -0.4 is 26.6 Å². The third kappa shape index (κ3) is 19.2. The fraction of sp³-hybridized carbons (Fsp3) is 0.522. The molecule has 0 aromatic heterocycles. The number of rotatable bonds is 31. The molecular weight excluding hydrogens is 848 g/mol. The molecule has 0 radical (unpaired) electrons. The summed E-state index contributed by atoms with van der Waals surface area (Å²) in [7, 11) is 1.45. The van der Waals surface area contributed by atoms with E-state index in [-0.39, 0.29) is 29.7 Å². The van der Waals surface area contributed by atoms with Gasteiger partial charge in [0.25, 0.3) is 11.8 Å². The van der Waals surface area contributed by atoms with Crippen molar-refractivity contribution in [2.24, 2.45) is 10.7 Å². The van der Waals surface area contributed by atoms with Gasteiger partial charge in [-0.15, -0.1) is 0 Å². The number of amidine groups is 1. The number of carbonyl (C=O) groups excluding carboxylic acids is 3. The third-order valence-electron chi connectivity index (χ3n) is 9.83. The van der Waals surface area contributed by atoms with E-state index in [0.29, 0.717) is 129 Å². The van der Waals surface area contributed by atoms with Gasteiger partial charge in [0.05, 0.1) is 112 Å². The molecular formula is C46H65ClN6O11. The molecule has 4 rings (SSSR count). The van der Waals surface area contributed by atoms with E-state index in [1.54, 1.807) is 6.92 Å². The van der Waals surface area contributed by atoms with Crippen molar-refractivity contribution in [2.45, 2.75) is 32.4 Å². The Morgan fingerprint density at radius 2 is 1.11 bits per heavy atom. The van der Waals surface area contributed by atoms with Crippen LogP contribution in [0.1, 0.15) is 42.2 Å². The Kier molecular flexibility index (Phi) is 24.7. The van der Waals surface area contributed by atoms with Gasteiger partial charge in [-0.1, -0.05) is 29.8 Å². The van der Waals surface area contributed by atoms with Crippen molar-refractivity contribution in [3.05, 3.63) is 82.9 Å². The average molecular weight is 914 g/mol. The molecule has 0 fully saturated rings. The highest BCUT2D eigenvalue weighted by molar-refractivity contribution is 6.37. The van der Waals surface area contributed by atoms with E-state index in [1.165, 1.54) is 7.05 Å². The van der Waals surface area contributed by atoms with E-state index < -0.39 is 5.91 Å². The van der Waals surface area contributed by atoms with Gasteiger partial charge in [0, 0.05) is 55.1 Å². The van der Waals surface area contributed by atoms with Gasteiger partial charge >= 0.3 is 0 Å². The molecule has 2 atom stereocenters. The molecule has 352 valence electrons. The minimum absolute atomic E-state index is 0.00726. The number of aliphatic imine (C=N–C) groups is 1. The number of nitrogens with one attached hydrogen (secondary N) is 3. The Hall–Kier alpha value is -4.69. The van der Waals surface area contributed by atoms with Crippen molar-refractivity contribution in [3.8, 4) is 11.1 Å². The van der Waals surface area contributed by atoms with Crippen molar-refractivity contribution in [1.82, 2.24) is 10.6 Å².